The summed E-state index contributed by atoms with van der Waals surface area (Å²) in [5, 5.41) is 0. The molecular weight excluding hydrogens is 269 g/mol. The van der Waals surface area contributed by atoms with Crippen molar-refractivity contribution in [3.63, 3.8) is 0 Å². The van der Waals surface area contributed by atoms with E-state index in [1.54, 1.807) is 13.2 Å². The highest BCUT2D eigenvalue weighted by molar-refractivity contribution is 5.38. The average Bonchev–Trinajstić information content (AvgIpc) is 2.48. The lowest BCUT2D eigenvalue weighted by atomic mass is 9.98. The van der Waals surface area contributed by atoms with Crippen LogP contribution in [0.5, 0.6) is 11.5 Å². The summed E-state index contributed by atoms with van der Waals surface area (Å²) in [5.74, 6) is 0.678. The Morgan fingerprint density at radius 3 is 2.38 bits per heavy atom. The summed E-state index contributed by atoms with van der Waals surface area (Å²) in [4.78, 5) is 0. The quantitative estimate of drug-likeness (QED) is 0.917. The van der Waals surface area contributed by atoms with Gasteiger partial charge in [0, 0.05) is 6.04 Å². The number of benzene rings is 2. The van der Waals surface area contributed by atoms with Crippen molar-refractivity contribution in [2.75, 3.05) is 14.2 Å². The Kier molecular flexibility index (Phi) is 4.81. The van der Waals surface area contributed by atoms with Crippen molar-refractivity contribution < 1.29 is 13.9 Å². The Balaban J connectivity index is 2.17. The number of ether oxygens (including phenoxy) is 2. The minimum absolute atomic E-state index is 0.215. The van der Waals surface area contributed by atoms with Crippen LogP contribution in [0.25, 0.3) is 0 Å². The number of hydrogen-bond acceptors (Lipinski definition) is 3. The van der Waals surface area contributed by atoms with Gasteiger partial charge in [-0.2, -0.15) is 0 Å². The van der Waals surface area contributed by atoms with E-state index in [2.05, 4.69) is 0 Å². The molecule has 0 spiro atoms. The highest BCUT2D eigenvalue weighted by Crippen LogP contribution is 2.25. The van der Waals surface area contributed by atoms with Gasteiger partial charge in [0.2, 0.25) is 0 Å². The molecule has 0 fully saturated rings. The third kappa shape index (κ3) is 3.52. The van der Waals surface area contributed by atoms with Gasteiger partial charge < -0.3 is 15.2 Å². The molecule has 0 aromatic heterocycles. The molecule has 0 saturated heterocycles. The molecule has 2 N–H and O–H groups in total. The molecule has 1 atom stereocenters. The van der Waals surface area contributed by atoms with Gasteiger partial charge in [0.25, 0.3) is 0 Å². The summed E-state index contributed by atoms with van der Waals surface area (Å²) in [6.07, 6.45) is 0.549. The molecule has 2 rings (SSSR count). The van der Waals surface area contributed by atoms with Gasteiger partial charge in [-0.25, -0.2) is 4.39 Å². The Morgan fingerprint density at radius 1 is 1.05 bits per heavy atom. The van der Waals surface area contributed by atoms with Crippen LogP contribution in [0.2, 0.25) is 0 Å². The van der Waals surface area contributed by atoms with Crippen molar-refractivity contribution in [2.24, 2.45) is 5.73 Å². The van der Waals surface area contributed by atoms with Crippen molar-refractivity contribution in [3.05, 3.63) is 58.9 Å². The molecule has 1 unspecified atom stereocenters. The van der Waals surface area contributed by atoms with Crippen LogP contribution in [0, 0.1) is 12.7 Å². The van der Waals surface area contributed by atoms with Crippen molar-refractivity contribution in [1.82, 2.24) is 0 Å². The second-order valence-corrected chi connectivity index (χ2v) is 5.01. The van der Waals surface area contributed by atoms with Crippen LogP contribution in [-0.4, -0.2) is 14.2 Å². The fourth-order valence-electron chi connectivity index (χ4n) is 2.28. The smallest absolute Gasteiger partial charge is 0.165 e. The maximum atomic E-state index is 13.7. The van der Waals surface area contributed by atoms with Crippen molar-refractivity contribution in [3.8, 4) is 11.5 Å². The van der Waals surface area contributed by atoms with Gasteiger partial charge >= 0.3 is 0 Å². The second kappa shape index (κ2) is 6.59. The first-order chi connectivity index (χ1) is 10.0. The first kappa shape index (κ1) is 15.3. The van der Waals surface area contributed by atoms with Crippen molar-refractivity contribution in [1.29, 1.82) is 0 Å². The molecule has 0 heterocycles. The molecule has 0 aliphatic carbocycles. The Morgan fingerprint density at radius 2 is 1.76 bits per heavy atom. The van der Waals surface area contributed by atoms with Gasteiger partial charge in [0.15, 0.2) is 11.6 Å². The van der Waals surface area contributed by atoms with Crippen molar-refractivity contribution >= 4 is 0 Å². The van der Waals surface area contributed by atoms with Gasteiger partial charge in [0.1, 0.15) is 5.75 Å². The topological polar surface area (TPSA) is 44.5 Å². The standard InChI is InChI=1S/C17H20FNO2/c1-11-4-6-13(10-17(11)21-3)15(19)9-12-5-7-16(20-2)14(18)8-12/h4-8,10,15H,9,19H2,1-3H3. The maximum absolute atomic E-state index is 13.7. The second-order valence-electron chi connectivity index (χ2n) is 5.01. The number of nitrogens with two attached hydrogens (primary N) is 1. The highest BCUT2D eigenvalue weighted by atomic mass is 19.1. The van der Waals surface area contributed by atoms with Crippen LogP contribution in [0.15, 0.2) is 36.4 Å². The zero-order valence-electron chi connectivity index (χ0n) is 12.5. The average molecular weight is 289 g/mol. The third-order valence-corrected chi connectivity index (χ3v) is 3.53. The number of methoxy groups -OCH3 is 2. The van der Waals surface area contributed by atoms with Crippen LogP contribution >= 0.6 is 0 Å². The van der Waals surface area contributed by atoms with Crippen molar-refractivity contribution in [2.45, 2.75) is 19.4 Å². The first-order valence-corrected chi connectivity index (χ1v) is 6.77. The van der Waals surface area contributed by atoms with E-state index in [1.807, 2.05) is 31.2 Å². The predicted octanol–water partition coefficient (Wildman–Crippen LogP) is 3.39. The summed E-state index contributed by atoms with van der Waals surface area (Å²) >= 11 is 0. The fraction of sp³-hybridized carbons (Fsp3) is 0.294. The Labute approximate surface area is 124 Å². The number of aryl methyl sites for hydroxylation is 1. The third-order valence-electron chi connectivity index (χ3n) is 3.53. The monoisotopic (exact) mass is 289 g/mol. The van der Waals surface area contributed by atoms with E-state index in [0.717, 1.165) is 22.4 Å². The Bertz CT molecular complexity index is 628. The first-order valence-electron chi connectivity index (χ1n) is 6.77. The fourth-order valence-corrected chi connectivity index (χ4v) is 2.28. The van der Waals surface area contributed by atoms with E-state index >= 15 is 0 Å². The minimum Gasteiger partial charge on any atom is -0.496 e. The van der Waals surface area contributed by atoms with E-state index in [4.69, 9.17) is 15.2 Å². The number of halogens is 1. The molecule has 3 nitrogen and oxygen atoms in total. The number of rotatable bonds is 5. The molecule has 0 radical (unpaired) electrons. The normalized spacial score (nSPS) is 12.0. The molecule has 0 aliphatic rings. The summed E-state index contributed by atoms with van der Waals surface area (Å²) in [7, 11) is 3.08. The zero-order valence-corrected chi connectivity index (χ0v) is 12.5. The van der Waals surface area contributed by atoms with E-state index in [9.17, 15) is 4.39 Å². The molecule has 2 aromatic rings. The SMILES string of the molecule is COc1cc(C(N)Cc2ccc(OC)c(F)c2)ccc1C. The molecule has 2 aromatic carbocycles. The van der Waals surface area contributed by atoms with E-state index in [0.29, 0.717) is 6.42 Å². The zero-order chi connectivity index (χ0) is 15.4. The Hall–Kier alpha value is -2.07. The van der Waals surface area contributed by atoms with E-state index in [1.165, 1.54) is 13.2 Å². The molecule has 0 amide bonds. The summed E-state index contributed by atoms with van der Waals surface area (Å²) in [6.45, 7) is 1.98. The number of hydrogen-bond donors (Lipinski definition) is 1. The van der Waals surface area contributed by atoms with Crippen LogP contribution in [0.1, 0.15) is 22.7 Å². The molecule has 0 bridgehead atoms. The van der Waals surface area contributed by atoms with E-state index < -0.39 is 0 Å². The van der Waals surface area contributed by atoms with Crippen LogP contribution in [0.3, 0.4) is 0 Å². The largest absolute Gasteiger partial charge is 0.496 e. The highest BCUT2D eigenvalue weighted by Gasteiger charge is 2.11. The summed E-state index contributed by atoms with van der Waals surface area (Å²) in [6, 6.07) is 10.6. The molecule has 4 heteroatoms. The van der Waals surface area contributed by atoms with Gasteiger partial charge in [-0.15, -0.1) is 0 Å². The van der Waals surface area contributed by atoms with Crippen LogP contribution in [-0.2, 0) is 6.42 Å². The molecular formula is C17H20FNO2. The van der Waals surface area contributed by atoms with Gasteiger partial charge in [-0.1, -0.05) is 18.2 Å². The van der Waals surface area contributed by atoms with Gasteiger partial charge in [0.05, 0.1) is 14.2 Å². The predicted molar refractivity (Wildman–Crippen MR) is 81.3 cm³/mol. The van der Waals surface area contributed by atoms with Gasteiger partial charge in [-0.3, -0.25) is 0 Å². The summed E-state index contributed by atoms with van der Waals surface area (Å²) < 4.78 is 23.9. The van der Waals surface area contributed by atoms with E-state index in [-0.39, 0.29) is 17.6 Å². The van der Waals surface area contributed by atoms with Gasteiger partial charge in [-0.05, 0) is 48.2 Å². The van der Waals surface area contributed by atoms with Crippen LogP contribution in [0.4, 0.5) is 4.39 Å². The molecule has 0 saturated carbocycles. The summed E-state index contributed by atoms with van der Waals surface area (Å²) in [5.41, 5.74) is 9.07. The molecule has 0 aliphatic heterocycles. The molecule has 112 valence electrons. The minimum atomic E-state index is -0.372. The lowest BCUT2D eigenvalue weighted by Crippen LogP contribution is -2.13. The maximum Gasteiger partial charge on any atom is 0.165 e. The molecule has 21 heavy (non-hydrogen) atoms. The van der Waals surface area contributed by atoms with Crippen LogP contribution < -0.4 is 15.2 Å². The lowest BCUT2D eigenvalue weighted by Gasteiger charge is -2.15. The lowest BCUT2D eigenvalue weighted by molar-refractivity contribution is 0.386.